The molecule has 0 amide bonds. The van der Waals surface area contributed by atoms with E-state index >= 15 is 0 Å². The molecule has 1 aliphatic heterocycles. The van der Waals surface area contributed by atoms with Gasteiger partial charge in [0, 0.05) is 23.2 Å². The van der Waals surface area contributed by atoms with Crippen molar-refractivity contribution < 1.29 is 0 Å². The van der Waals surface area contributed by atoms with E-state index in [0.29, 0.717) is 0 Å². The molecular weight excluding hydrogens is 222 g/mol. The summed E-state index contributed by atoms with van der Waals surface area (Å²) in [6.45, 7) is 11.0. The molecule has 1 saturated heterocycles. The second-order valence-electron chi connectivity index (χ2n) is 6.46. The molecule has 0 saturated carbocycles. The predicted octanol–water partition coefficient (Wildman–Crippen LogP) is 2.62. The summed E-state index contributed by atoms with van der Waals surface area (Å²) >= 11 is 0. The van der Waals surface area contributed by atoms with Crippen LogP contribution in [-0.2, 0) is 11.8 Å². The number of piperidine rings is 1. The Morgan fingerprint density at radius 1 is 1.22 bits per heavy atom. The highest BCUT2D eigenvalue weighted by Crippen LogP contribution is 2.22. The number of nitrogens with one attached hydrogen (secondary N) is 1. The fraction of sp³-hybridized carbons (Fsp3) is 0.733. The quantitative estimate of drug-likeness (QED) is 0.873. The van der Waals surface area contributed by atoms with Crippen molar-refractivity contribution in [3.63, 3.8) is 0 Å². The maximum absolute atomic E-state index is 4.77. The van der Waals surface area contributed by atoms with E-state index in [1.54, 1.807) is 0 Å². The summed E-state index contributed by atoms with van der Waals surface area (Å²) in [7, 11) is 0. The standard InChI is InChI=1S/C15H25N3/c1-11-9-13(15(2,3)4)18-14(17-11)10-12-5-7-16-8-6-12/h9,12,16H,5-8,10H2,1-4H3. The molecule has 2 rings (SSSR count). The van der Waals surface area contributed by atoms with Gasteiger partial charge in [-0.05, 0) is 44.8 Å². The topological polar surface area (TPSA) is 37.8 Å². The lowest BCUT2D eigenvalue weighted by Gasteiger charge is -2.23. The summed E-state index contributed by atoms with van der Waals surface area (Å²) in [4.78, 5) is 9.38. The zero-order valence-corrected chi connectivity index (χ0v) is 12.1. The highest BCUT2D eigenvalue weighted by atomic mass is 14.9. The van der Waals surface area contributed by atoms with Crippen LogP contribution in [0.3, 0.4) is 0 Å². The molecule has 1 aliphatic rings. The summed E-state index contributed by atoms with van der Waals surface area (Å²) in [6, 6.07) is 2.12. The Kier molecular flexibility index (Phi) is 4.00. The molecule has 0 atom stereocenters. The number of hydrogen-bond acceptors (Lipinski definition) is 3. The van der Waals surface area contributed by atoms with Crippen LogP contribution in [0.4, 0.5) is 0 Å². The largest absolute Gasteiger partial charge is 0.317 e. The number of nitrogens with zero attached hydrogens (tertiary/aromatic N) is 2. The van der Waals surface area contributed by atoms with E-state index in [9.17, 15) is 0 Å². The van der Waals surface area contributed by atoms with E-state index in [2.05, 4.69) is 44.1 Å². The third-order valence-corrected chi connectivity index (χ3v) is 3.60. The molecule has 0 unspecified atom stereocenters. The van der Waals surface area contributed by atoms with Gasteiger partial charge in [-0.1, -0.05) is 20.8 Å². The van der Waals surface area contributed by atoms with Gasteiger partial charge in [0.1, 0.15) is 5.82 Å². The van der Waals surface area contributed by atoms with Crippen LogP contribution in [0.2, 0.25) is 0 Å². The van der Waals surface area contributed by atoms with E-state index in [1.165, 1.54) is 18.5 Å². The van der Waals surface area contributed by atoms with Gasteiger partial charge in [-0.15, -0.1) is 0 Å². The van der Waals surface area contributed by atoms with Crippen LogP contribution in [0.25, 0.3) is 0 Å². The van der Waals surface area contributed by atoms with Crippen LogP contribution >= 0.6 is 0 Å². The Balaban J connectivity index is 2.14. The fourth-order valence-corrected chi connectivity index (χ4v) is 2.45. The number of rotatable bonds is 2. The zero-order chi connectivity index (χ0) is 13.2. The van der Waals surface area contributed by atoms with Crippen LogP contribution in [-0.4, -0.2) is 23.1 Å². The molecule has 0 bridgehead atoms. The first-order valence-electron chi connectivity index (χ1n) is 7.01. The van der Waals surface area contributed by atoms with E-state index in [0.717, 1.165) is 36.9 Å². The Morgan fingerprint density at radius 3 is 2.50 bits per heavy atom. The van der Waals surface area contributed by atoms with Crippen LogP contribution < -0.4 is 5.32 Å². The molecule has 0 radical (unpaired) electrons. The van der Waals surface area contributed by atoms with Gasteiger partial charge in [0.2, 0.25) is 0 Å². The molecule has 0 spiro atoms. The smallest absolute Gasteiger partial charge is 0.129 e. The second kappa shape index (κ2) is 5.35. The van der Waals surface area contributed by atoms with Gasteiger partial charge in [-0.2, -0.15) is 0 Å². The maximum Gasteiger partial charge on any atom is 0.129 e. The lowest BCUT2D eigenvalue weighted by molar-refractivity contribution is 0.366. The van der Waals surface area contributed by atoms with Crippen LogP contribution in [0.15, 0.2) is 6.07 Å². The second-order valence-corrected chi connectivity index (χ2v) is 6.46. The minimum atomic E-state index is 0.108. The van der Waals surface area contributed by atoms with E-state index in [-0.39, 0.29) is 5.41 Å². The summed E-state index contributed by atoms with van der Waals surface area (Å²) < 4.78 is 0. The highest BCUT2D eigenvalue weighted by Gasteiger charge is 2.19. The van der Waals surface area contributed by atoms with Crippen LogP contribution in [0.1, 0.15) is 50.8 Å². The molecule has 3 heteroatoms. The Morgan fingerprint density at radius 2 is 1.89 bits per heavy atom. The van der Waals surface area contributed by atoms with Gasteiger partial charge < -0.3 is 5.32 Å². The van der Waals surface area contributed by atoms with Gasteiger partial charge in [-0.25, -0.2) is 9.97 Å². The number of hydrogen-bond donors (Lipinski definition) is 1. The van der Waals surface area contributed by atoms with Crippen molar-refractivity contribution in [3.05, 3.63) is 23.3 Å². The molecule has 1 N–H and O–H groups in total. The first-order valence-corrected chi connectivity index (χ1v) is 7.01. The Bertz CT molecular complexity index is 401. The van der Waals surface area contributed by atoms with Crippen LogP contribution in [0.5, 0.6) is 0 Å². The summed E-state index contributed by atoms with van der Waals surface area (Å²) in [5, 5.41) is 3.41. The number of aromatic nitrogens is 2. The third kappa shape index (κ3) is 3.52. The Hall–Kier alpha value is -0.960. The maximum atomic E-state index is 4.77. The molecule has 100 valence electrons. The number of aryl methyl sites for hydroxylation is 1. The average molecular weight is 247 g/mol. The molecular formula is C15H25N3. The molecule has 2 heterocycles. The molecule has 1 aromatic heterocycles. The van der Waals surface area contributed by atoms with Crippen molar-refractivity contribution in [2.24, 2.45) is 5.92 Å². The minimum Gasteiger partial charge on any atom is -0.317 e. The van der Waals surface area contributed by atoms with Crippen molar-refractivity contribution in [2.75, 3.05) is 13.1 Å². The van der Waals surface area contributed by atoms with Crippen molar-refractivity contribution in [3.8, 4) is 0 Å². The van der Waals surface area contributed by atoms with Crippen molar-refractivity contribution >= 4 is 0 Å². The highest BCUT2D eigenvalue weighted by molar-refractivity contribution is 5.17. The minimum absolute atomic E-state index is 0.108. The summed E-state index contributed by atoms with van der Waals surface area (Å²) in [5.41, 5.74) is 2.37. The van der Waals surface area contributed by atoms with E-state index < -0.39 is 0 Å². The first-order chi connectivity index (χ1) is 8.45. The van der Waals surface area contributed by atoms with E-state index in [1.807, 2.05) is 0 Å². The Labute approximate surface area is 110 Å². The molecule has 18 heavy (non-hydrogen) atoms. The lowest BCUT2D eigenvalue weighted by Crippen LogP contribution is -2.29. The van der Waals surface area contributed by atoms with Gasteiger partial charge >= 0.3 is 0 Å². The first kappa shape index (κ1) is 13.5. The van der Waals surface area contributed by atoms with Crippen molar-refractivity contribution in [1.82, 2.24) is 15.3 Å². The SMILES string of the molecule is Cc1cc(C(C)(C)C)nc(CC2CCNCC2)n1. The van der Waals surface area contributed by atoms with Gasteiger partial charge in [0.25, 0.3) is 0 Å². The van der Waals surface area contributed by atoms with Gasteiger partial charge in [0.15, 0.2) is 0 Å². The predicted molar refractivity (Wildman–Crippen MR) is 74.8 cm³/mol. The lowest BCUT2D eigenvalue weighted by atomic mass is 9.90. The summed E-state index contributed by atoms with van der Waals surface area (Å²) in [5.74, 6) is 1.78. The van der Waals surface area contributed by atoms with Crippen LogP contribution in [0, 0.1) is 12.8 Å². The molecule has 1 fully saturated rings. The van der Waals surface area contributed by atoms with Gasteiger partial charge in [0.05, 0.1) is 0 Å². The van der Waals surface area contributed by atoms with Crippen molar-refractivity contribution in [2.45, 2.75) is 52.4 Å². The normalized spacial score (nSPS) is 18.0. The average Bonchev–Trinajstić information content (AvgIpc) is 2.28. The van der Waals surface area contributed by atoms with E-state index in [4.69, 9.17) is 4.98 Å². The zero-order valence-electron chi connectivity index (χ0n) is 12.1. The fourth-order valence-electron chi connectivity index (χ4n) is 2.45. The third-order valence-electron chi connectivity index (χ3n) is 3.60. The van der Waals surface area contributed by atoms with Crippen molar-refractivity contribution in [1.29, 1.82) is 0 Å². The molecule has 0 aliphatic carbocycles. The molecule has 1 aromatic rings. The van der Waals surface area contributed by atoms with Gasteiger partial charge in [-0.3, -0.25) is 0 Å². The monoisotopic (exact) mass is 247 g/mol. The molecule has 0 aromatic carbocycles. The molecule has 3 nitrogen and oxygen atoms in total. The summed E-state index contributed by atoms with van der Waals surface area (Å²) in [6.07, 6.45) is 3.54.